The normalized spacial score (nSPS) is 16.4. The van der Waals surface area contributed by atoms with Gasteiger partial charge in [0.2, 0.25) is 11.7 Å². The number of benzene rings is 2. The van der Waals surface area contributed by atoms with Crippen LogP contribution in [-0.4, -0.2) is 44.8 Å². The number of hydrogen-bond donors (Lipinski definition) is 1. The zero-order valence-electron chi connectivity index (χ0n) is 17.3. The Morgan fingerprint density at radius 1 is 1.16 bits per heavy atom. The van der Waals surface area contributed by atoms with Crippen LogP contribution in [0, 0.1) is 11.7 Å². The number of nitrogens with zero attached hydrogens (tertiary/aromatic N) is 3. The van der Waals surface area contributed by atoms with Gasteiger partial charge in [0.05, 0.1) is 11.1 Å². The number of carbonyl (C=O) groups is 2. The maximum absolute atomic E-state index is 14.0. The highest BCUT2D eigenvalue weighted by Gasteiger charge is 2.30. The molecule has 1 aliphatic rings. The molecule has 32 heavy (non-hydrogen) atoms. The molecular formula is C24H21FN4O3. The van der Waals surface area contributed by atoms with Crippen molar-refractivity contribution in [2.75, 3.05) is 13.1 Å². The van der Waals surface area contributed by atoms with Crippen LogP contribution in [0.25, 0.3) is 22.3 Å². The average Bonchev–Trinajstić information content (AvgIpc) is 3.46. The fourth-order valence-corrected chi connectivity index (χ4v) is 4.27. The van der Waals surface area contributed by atoms with E-state index in [0.29, 0.717) is 31.0 Å². The summed E-state index contributed by atoms with van der Waals surface area (Å²) in [7, 11) is 0. The van der Waals surface area contributed by atoms with Gasteiger partial charge in [-0.2, -0.15) is 4.98 Å². The molecule has 3 heterocycles. The molecule has 0 saturated carbocycles. The third-order valence-electron chi connectivity index (χ3n) is 5.88. The molecule has 0 bridgehead atoms. The highest BCUT2D eigenvalue weighted by atomic mass is 19.1. The van der Waals surface area contributed by atoms with Crippen LogP contribution in [0.3, 0.4) is 0 Å². The number of H-pyrrole nitrogens is 1. The van der Waals surface area contributed by atoms with Crippen molar-refractivity contribution in [3.63, 3.8) is 0 Å². The number of rotatable bonds is 5. The molecule has 1 unspecified atom stereocenters. The van der Waals surface area contributed by atoms with Gasteiger partial charge in [-0.05, 0) is 37.0 Å². The second kappa shape index (κ2) is 8.37. The lowest BCUT2D eigenvalue weighted by Crippen LogP contribution is -2.43. The number of ketones is 1. The van der Waals surface area contributed by atoms with Crippen LogP contribution in [0.5, 0.6) is 0 Å². The van der Waals surface area contributed by atoms with Crippen molar-refractivity contribution in [1.29, 1.82) is 0 Å². The van der Waals surface area contributed by atoms with Gasteiger partial charge in [-0.3, -0.25) is 9.59 Å². The van der Waals surface area contributed by atoms with Gasteiger partial charge in [-0.1, -0.05) is 35.5 Å². The topological polar surface area (TPSA) is 92.1 Å². The largest absolute Gasteiger partial charge is 0.360 e. The molecule has 1 fully saturated rings. The second-order valence-corrected chi connectivity index (χ2v) is 8.03. The fraction of sp³-hybridized carbons (Fsp3) is 0.250. The van der Waals surface area contributed by atoms with Gasteiger partial charge in [0.1, 0.15) is 5.82 Å². The molecule has 0 aliphatic carbocycles. The fourth-order valence-electron chi connectivity index (χ4n) is 4.27. The van der Waals surface area contributed by atoms with Gasteiger partial charge in [0, 0.05) is 36.6 Å². The van der Waals surface area contributed by atoms with Crippen LogP contribution < -0.4 is 0 Å². The predicted molar refractivity (Wildman–Crippen MR) is 115 cm³/mol. The monoisotopic (exact) mass is 432 g/mol. The summed E-state index contributed by atoms with van der Waals surface area (Å²) in [5.41, 5.74) is 1.49. The highest BCUT2D eigenvalue weighted by Crippen LogP contribution is 2.25. The van der Waals surface area contributed by atoms with Crippen LogP contribution in [0.4, 0.5) is 4.39 Å². The zero-order valence-corrected chi connectivity index (χ0v) is 17.3. The van der Waals surface area contributed by atoms with Gasteiger partial charge in [0.25, 0.3) is 11.7 Å². The number of carbonyl (C=O) groups excluding carboxylic acids is 2. The van der Waals surface area contributed by atoms with E-state index in [1.54, 1.807) is 29.3 Å². The lowest BCUT2D eigenvalue weighted by atomic mass is 9.94. The molecule has 2 aromatic heterocycles. The Balaban J connectivity index is 1.27. The first kappa shape index (κ1) is 20.1. The Morgan fingerprint density at radius 2 is 1.97 bits per heavy atom. The number of likely N-dealkylation sites (tertiary alicyclic amines) is 1. The predicted octanol–water partition coefficient (Wildman–Crippen LogP) is 4.02. The maximum Gasteiger partial charge on any atom is 0.295 e. The second-order valence-electron chi connectivity index (χ2n) is 8.03. The van der Waals surface area contributed by atoms with E-state index in [2.05, 4.69) is 15.1 Å². The molecule has 0 radical (unpaired) electrons. The third-order valence-corrected chi connectivity index (χ3v) is 5.88. The number of amides is 1. The van der Waals surface area contributed by atoms with Crippen molar-refractivity contribution in [2.24, 2.45) is 5.92 Å². The van der Waals surface area contributed by atoms with Crippen LogP contribution in [0.2, 0.25) is 0 Å². The molecular weight excluding hydrogens is 411 g/mol. The van der Waals surface area contributed by atoms with Crippen LogP contribution >= 0.6 is 0 Å². The van der Waals surface area contributed by atoms with E-state index in [4.69, 9.17) is 4.52 Å². The van der Waals surface area contributed by atoms with Crippen molar-refractivity contribution in [3.05, 3.63) is 72.0 Å². The summed E-state index contributed by atoms with van der Waals surface area (Å²) in [6.07, 6.45) is 3.72. The first-order valence-corrected chi connectivity index (χ1v) is 10.6. The Morgan fingerprint density at radius 3 is 2.84 bits per heavy atom. The van der Waals surface area contributed by atoms with Gasteiger partial charge in [0.15, 0.2) is 0 Å². The van der Waals surface area contributed by atoms with Crippen molar-refractivity contribution in [1.82, 2.24) is 20.0 Å². The lowest BCUT2D eigenvalue weighted by Gasteiger charge is -2.31. The quantitative estimate of drug-likeness (QED) is 0.380. The Hall–Kier alpha value is -3.81. The number of fused-ring (bicyclic) bond motifs is 1. The van der Waals surface area contributed by atoms with Crippen molar-refractivity contribution >= 4 is 22.6 Å². The number of hydrogen-bond acceptors (Lipinski definition) is 5. The standard InChI is InChI=1S/C24H21FN4O3/c25-19-9-3-1-8-17(19)23-27-21(32-28-23)12-15-6-5-11-29(14-15)24(31)22(30)18-13-26-20-10-4-2-7-16(18)20/h1-4,7-10,13,15,26H,5-6,11-12,14H2. The summed E-state index contributed by atoms with van der Waals surface area (Å²) in [4.78, 5) is 34.8. The molecule has 5 rings (SSSR count). The number of para-hydroxylation sites is 1. The average molecular weight is 432 g/mol. The summed E-state index contributed by atoms with van der Waals surface area (Å²) in [5.74, 6) is -0.746. The van der Waals surface area contributed by atoms with E-state index in [0.717, 1.165) is 23.7 Å². The molecule has 1 atom stereocenters. The van der Waals surface area contributed by atoms with Crippen LogP contribution in [0.1, 0.15) is 29.1 Å². The number of piperidine rings is 1. The molecule has 1 aliphatic heterocycles. The smallest absolute Gasteiger partial charge is 0.295 e. The summed E-state index contributed by atoms with van der Waals surface area (Å²) in [6.45, 7) is 0.970. The molecule has 1 saturated heterocycles. The van der Waals surface area contributed by atoms with Crippen LogP contribution in [0.15, 0.2) is 59.3 Å². The first-order valence-electron chi connectivity index (χ1n) is 10.6. The van der Waals surface area contributed by atoms with Crippen molar-refractivity contribution in [3.8, 4) is 11.4 Å². The minimum absolute atomic E-state index is 0.0809. The SMILES string of the molecule is O=C(C(=O)N1CCCC(Cc2nc(-c3ccccc3F)no2)C1)c1c[nH]c2ccccc12. The third kappa shape index (κ3) is 3.79. The molecule has 2 aromatic carbocycles. The zero-order chi connectivity index (χ0) is 22.1. The van der Waals surface area contributed by atoms with Gasteiger partial charge in [-0.25, -0.2) is 4.39 Å². The van der Waals surface area contributed by atoms with Gasteiger partial charge in [-0.15, -0.1) is 0 Å². The van der Waals surface area contributed by atoms with Gasteiger partial charge >= 0.3 is 0 Å². The van der Waals surface area contributed by atoms with E-state index in [9.17, 15) is 14.0 Å². The molecule has 4 aromatic rings. The summed E-state index contributed by atoms with van der Waals surface area (Å²) in [5, 5.41) is 4.64. The highest BCUT2D eigenvalue weighted by molar-refractivity contribution is 6.44. The summed E-state index contributed by atoms with van der Waals surface area (Å²) >= 11 is 0. The van der Waals surface area contributed by atoms with Gasteiger partial charge < -0.3 is 14.4 Å². The summed E-state index contributed by atoms with van der Waals surface area (Å²) < 4.78 is 19.3. The molecule has 1 amide bonds. The van der Waals surface area contributed by atoms with E-state index in [-0.39, 0.29) is 17.3 Å². The maximum atomic E-state index is 14.0. The number of Topliss-reactive ketones (excluding diaryl/α,β-unsaturated/α-hetero) is 1. The Bertz CT molecular complexity index is 1300. The molecule has 162 valence electrons. The van der Waals surface area contributed by atoms with Crippen molar-refractivity contribution in [2.45, 2.75) is 19.3 Å². The number of halogens is 1. The Labute approximate surface area is 183 Å². The minimum atomic E-state index is -0.511. The van der Waals surface area contributed by atoms with E-state index < -0.39 is 17.5 Å². The number of nitrogens with one attached hydrogen (secondary N) is 1. The molecule has 8 heteroatoms. The summed E-state index contributed by atoms with van der Waals surface area (Å²) in [6, 6.07) is 13.7. The van der Waals surface area contributed by atoms with E-state index >= 15 is 0 Å². The molecule has 0 spiro atoms. The van der Waals surface area contributed by atoms with E-state index in [1.165, 1.54) is 6.07 Å². The molecule has 7 nitrogen and oxygen atoms in total. The van der Waals surface area contributed by atoms with E-state index in [1.807, 2.05) is 24.3 Å². The number of aromatic amines is 1. The number of aromatic nitrogens is 3. The first-order chi connectivity index (χ1) is 15.6. The van der Waals surface area contributed by atoms with Crippen LogP contribution in [-0.2, 0) is 11.2 Å². The Kier molecular flexibility index (Phi) is 5.26. The molecule has 1 N–H and O–H groups in total. The lowest BCUT2D eigenvalue weighted by molar-refractivity contribution is -0.128. The minimum Gasteiger partial charge on any atom is -0.360 e. The van der Waals surface area contributed by atoms with Crippen molar-refractivity contribution < 1.29 is 18.5 Å².